The fraction of sp³-hybridized carbons (Fsp3) is 0.615. The number of nitrogens with zero attached hydrogens (tertiary/aromatic N) is 1. The van der Waals surface area contributed by atoms with Gasteiger partial charge in [0.25, 0.3) is 0 Å². The number of rotatable bonds is 3. The standard InChI is InChI=1S/C13H17BrN2/c14-9-4-8(6-16-7-9)5-12(15)13-10-2-1-3-11(10)13/h4,6-7,10-13H,1-3,5,15H2. The van der Waals surface area contributed by atoms with E-state index >= 15 is 0 Å². The van der Waals surface area contributed by atoms with E-state index in [1.165, 1.54) is 24.8 Å². The molecule has 0 spiro atoms. The summed E-state index contributed by atoms with van der Waals surface area (Å²) in [6.07, 6.45) is 8.99. The molecule has 3 atom stereocenters. The van der Waals surface area contributed by atoms with Crippen molar-refractivity contribution >= 4 is 15.9 Å². The van der Waals surface area contributed by atoms with Crippen molar-refractivity contribution < 1.29 is 0 Å². The third kappa shape index (κ3) is 1.91. The fourth-order valence-electron chi connectivity index (χ4n) is 3.49. The normalized spacial score (nSPS) is 33.5. The lowest BCUT2D eigenvalue weighted by Gasteiger charge is -2.13. The second-order valence-corrected chi connectivity index (χ2v) is 6.13. The first-order valence-electron chi connectivity index (χ1n) is 6.11. The highest BCUT2D eigenvalue weighted by Crippen LogP contribution is 2.58. The lowest BCUT2D eigenvalue weighted by atomic mass is 9.99. The monoisotopic (exact) mass is 280 g/mol. The number of aromatic nitrogens is 1. The number of fused-ring (bicyclic) bond motifs is 1. The van der Waals surface area contributed by atoms with Crippen molar-refractivity contribution in [2.75, 3.05) is 0 Å². The van der Waals surface area contributed by atoms with Crippen LogP contribution in [-0.4, -0.2) is 11.0 Å². The Hall–Kier alpha value is -0.410. The number of hydrogen-bond acceptors (Lipinski definition) is 2. The molecule has 2 N–H and O–H groups in total. The van der Waals surface area contributed by atoms with E-state index in [1.54, 1.807) is 0 Å². The van der Waals surface area contributed by atoms with Crippen molar-refractivity contribution in [2.24, 2.45) is 23.5 Å². The molecule has 0 saturated heterocycles. The van der Waals surface area contributed by atoms with Crippen molar-refractivity contribution in [1.82, 2.24) is 4.98 Å². The lowest BCUT2D eigenvalue weighted by Crippen LogP contribution is -2.27. The molecule has 3 heteroatoms. The van der Waals surface area contributed by atoms with Crippen LogP contribution in [-0.2, 0) is 6.42 Å². The number of nitrogens with two attached hydrogens (primary N) is 1. The Kier molecular flexibility index (Phi) is 2.76. The molecular formula is C13H17BrN2. The summed E-state index contributed by atoms with van der Waals surface area (Å²) in [7, 11) is 0. The molecule has 2 aliphatic rings. The van der Waals surface area contributed by atoms with E-state index in [9.17, 15) is 0 Å². The second-order valence-electron chi connectivity index (χ2n) is 5.22. The average Bonchev–Trinajstić information content (AvgIpc) is 2.73. The van der Waals surface area contributed by atoms with Gasteiger partial charge in [-0.25, -0.2) is 0 Å². The van der Waals surface area contributed by atoms with Gasteiger partial charge in [0, 0.05) is 22.9 Å². The van der Waals surface area contributed by atoms with Gasteiger partial charge in [-0.05, 0) is 64.6 Å². The van der Waals surface area contributed by atoms with Crippen molar-refractivity contribution in [3.63, 3.8) is 0 Å². The van der Waals surface area contributed by atoms with Crippen molar-refractivity contribution in [3.8, 4) is 0 Å². The summed E-state index contributed by atoms with van der Waals surface area (Å²) < 4.78 is 1.05. The van der Waals surface area contributed by atoms with Crippen LogP contribution in [0.2, 0.25) is 0 Å². The lowest BCUT2D eigenvalue weighted by molar-refractivity contribution is 0.483. The Labute approximate surface area is 105 Å². The van der Waals surface area contributed by atoms with Crippen molar-refractivity contribution in [3.05, 3.63) is 28.5 Å². The zero-order valence-corrected chi connectivity index (χ0v) is 10.9. The predicted octanol–water partition coefficient (Wildman–Crippen LogP) is 2.76. The van der Waals surface area contributed by atoms with Gasteiger partial charge in [0.1, 0.15) is 0 Å². The first kappa shape index (κ1) is 10.7. The fourth-order valence-corrected chi connectivity index (χ4v) is 3.90. The summed E-state index contributed by atoms with van der Waals surface area (Å²) in [6, 6.07) is 2.47. The van der Waals surface area contributed by atoms with E-state index in [0.717, 1.165) is 28.6 Å². The zero-order valence-electron chi connectivity index (χ0n) is 9.27. The molecule has 2 fully saturated rings. The maximum atomic E-state index is 6.31. The molecule has 0 amide bonds. The smallest absolute Gasteiger partial charge is 0.0410 e. The molecule has 0 aromatic carbocycles. The van der Waals surface area contributed by atoms with Crippen molar-refractivity contribution in [1.29, 1.82) is 0 Å². The SMILES string of the molecule is NC(Cc1cncc(Br)c1)C1C2CCCC21. The molecule has 3 unspecified atom stereocenters. The molecule has 0 aliphatic heterocycles. The van der Waals surface area contributed by atoms with E-state index < -0.39 is 0 Å². The summed E-state index contributed by atoms with van der Waals surface area (Å²) in [5.74, 6) is 2.71. The third-order valence-electron chi connectivity index (χ3n) is 4.20. The van der Waals surface area contributed by atoms with Crippen LogP contribution in [0.4, 0.5) is 0 Å². The molecular weight excluding hydrogens is 264 g/mol. The maximum absolute atomic E-state index is 6.31. The quantitative estimate of drug-likeness (QED) is 0.925. The first-order chi connectivity index (χ1) is 7.75. The van der Waals surface area contributed by atoms with Crippen LogP contribution in [0.15, 0.2) is 22.9 Å². The molecule has 2 saturated carbocycles. The minimum absolute atomic E-state index is 0.339. The van der Waals surface area contributed by atoms with Crippen molar-refractivity contribution in [2.45, 2.75) is 31.7 Å². The molecule has 86 valence electrons. The average molecular weight is 281 g/mol. The molecule has 3 rings (SSSR count). The van der Waals surface area contributed by atoms with E-state index in [4.69, 9.17) is 5.73 Å². The molecule has 16 heavy (non-hydrogen) atoms. The highest BCUT2D eigenvalue weighted by molar-refractivity contribution is 9.10. The Morgan fingerprint density at radius 2 is 2.12 bits per heavy atom. The second kappa shape index (κ2) is 4.11. The van der Waals surface area contributed by atoms with Crippen LogP contribution >= 0.6 is 15.9 Å². The molecule has 2 aliphatic carbocycles. The van der Waals surface area contributed by atoms with E-state index in [1.807, 2.05) is 12.4 Å². The van der Waals surface area contributed by atoms with Gasteiger partial charge in [-0.1, -0.05) is 6.42 Å². The summed E-state index contributed by atoms with van der Waals surface area (Å²) in [5.41, 5.74) is 7.56. The summed E-state index contributed by atoms with van der Waals surface area (Å²) >= 11 is 3.45. The van der Waals surface area contributed by atoms with Gasteiger partial charge in [-0.3, -0.25) is 4.98 Å². The molecule has 1 heterocycles. The molecule has 1 aromatic heterocycles. The van der Waals surface area contributed by atoms with E-state index in [-0.39, 0.29) is 0 Å². The van der Waals surface area contributed by atoms with Crippen LogP contribution in [0.1, 0.15) is 24.8 Å². The van der Waals surface area contributed by atoms with Gasteiger partial charge in [0.05, 0.1) is 0 Å². The van der Waals surface area contributed by atoms with Gasteiger partial charge in [0.15, 0.2) is 0 Å². The Balaban J connectivity index is 1.63. The van der Waals surface area contributed by atoms with Crippen LogP contribution in [0.3, 0.4) is 0 Å². The van der Waals surface area contributed by atoms with Gasteiger partial charge in [0.2, 0.25) is 0 Å². The molecule has 0 bridgehead atoms. The predicted molar refractivity (Wildman–Crippen MR) is 67.9 cm³/mol. The molecule has 1 aromatic rings. The van der Waals surface area contributed by atoms with Crippen LogP contribution < -0.4 is 5.73 Å². The van der Waals surface area contributed by atoms with Gasteiger partial charge in [-0.15, -0.1) is 0 Å². The van der Waals surface area contributed by atoms with Gasteiger partial charge in [-0.2, -0.15) is 0 Å². The molecule has 2 nitrogen and oxygen atoms in total. The van der Waals surface area contributed by atoms with E-state index in [2.05, 4.69) is 27.0 Å². The zero-order chi connectivity index (χ0) is 11.1. The first-order valence-corrected chi connectivity index (χ1v) is 6.90. The number of pyridine rings is 1. The van der Waals surface area contributed by atoms with E-state index in [0.29, 0.717) is 6.04 Å². The Morgan fingerprint density at radius 3 is 2.81 bits per heavy atom. The number of hydrogen-bond donors (Lipinski definition) is 1. The highest BCUT2D eigenvalue weighted by Gasteiger charge is 2.54. The summed E-state index contributed by atoms with van der Waals surface area (Å²) in [4.78, 5) is 4.19. The Morgan fingerprint density at radius 1 is 1.38 bits per heavy atom. The van der Waals surface area contributed by atoms with Gasteiger partial charge >= 0.3 is 0 Å². The third-order valence-corrected chi connectivity index (χ3v) is 4.63. The Bertz CT molecular complexity index is 383. The van der Waals surface area contributed by atoms with Crippen LogP contribution in [0, 0.1) is 17.8 Å². The van der Waals surface area contributed by atoms with Crippen LogP contribution in [0.5, 0.6) is 0 Å². The number of halogens is 1. The summed E-state index contributed by atoms with van der Waals surface area (Å²) in [6.45, 7) is 0. The van der Waals surface area contributed by atoms with Crippen LogP contribution in [0.25, 0.3) is 0 Å². The summed E-state index contributed by atoms with van der Waals surface area (Å²) in [5, 5.41) is 0. The maximum Gasteiger partial charge on any atom is 0.0410 e. The van der Waals surface area contributed by atoms with Gasteiger partial charge < -0.3 is 5.73 Å². The molecule has 0 radical (unpaired) electrons. The topological polar surface area (TPSA) is 38.9 Å². The largest absolute Gasteiger partial charge is 0.327 e. The highest BCUT2D eigenvalue weighted by atomic mass is 79.9. The minimum Gasteiger partial charge on any atom is -0.327 e. The minimum atomic E-state index is 0.339.